The highest BCUT2D eigenvalue weighted by atomic mass is 32.2. The first-order valence-corrected chi connectivity index (χ1v) is 10.1. The average molecular weight is 402 g/mol. The summed E-state index contributed by atoms with van der Waals surface area (Å²) in [6.45, 7) is 0. The van der Waals surface area contributed by atoms with Crippen LogP contribution >= 0.6 is 11.3 Å². The Morgan fingerprint density at radius 3 is 2.77 bits per heavy atom. The second-order valence-corrected chi connectivity index (χ2v) is 8.58. The zero-order valence-electron chi connectivity index (χ0n) is 13.2. The molecule has 26 heavy (non-hydrogen) atoms. The van der Waals surface area contributed by atoms with Gasteiger partial charge in [-0.1, -0.05) is 18.2 Å². The lowest BCUT2D eigenvalue weighted by Crippen LogP contribution is -2.17. The van der Waals surface area contributed by atoms with Crippen LogP contribution in [0.15, 0.2) is 41.1 Å². The number of rotatable bonds is 4. The Balaban J connectivity index is 1.67. The summed E-state index contributed by atoms with van der Waals surface area (Å²) < 4.78 is 61.0. The molecule has 1 aliphatic rings. The number of thiazole rings is 1. The zero-order chi connectivity index (χ0) is 18.9. The molecule has 1 N–H and O–H groups in total. The molecule has 138 valence electrons. The highest BCUT2D eigenvalue weighted by molar-refractivity contribution is 7.94. The van der Waals surface area contributed by atoms with E-state index >= 15 is 0 Å². The summed E-state index contributed by atoms with van der Waals surface area (Å²) in [5.74, 6) is -0.891. The number of allylic oxidation sites excluding steroid dienone is 1. The van der Waals surface area contributed by atoms with Crippen molar-refractivity contribution < 1.29 is 26.4 Å². The quantitative estimate of drug-likeness (QED) is 0.846. The van der Waals surface area contributed by atoms with Crippen molar-refractivity contribution in [1.82, 2.24) is 4.98 Å². The first kappa shape index (κ1) is 18.6. The predicted octanol–water partition coefficient (Wildman–Crippen LogP) is 3.72. The third-order valence-corrected chi connectivity index (χ3v) is 5.91. The molecule has 0 saturated carbocycles. The van der Waals surface area contributed by atoms with Crippen molar-refractivity contribution in [2.75, 3.05) is 11.1 Å². The number of hydrogen-bond donors (Lipinski definition) is 1. The third-order valence-electron chi connectivity index (χ3n) is 3.69. The van der Waals surface area contributed by atoms with E-state index in [-0.39, 0.29) is 23.2 Å². The van der Waals surface area contributed by atoms with Crippen molar-refractivity contribution in [2.45, 2.75) is 12.6 Å². The van der Waals surface area contributed by atoms with Crippen LogP contribution in [0.5, 0.6) is 0 Å². The number of benzene rings is 1. The van der Waals surface area contributed by atoms with Crippen molar-refractivity contribution in [2.24, 2.45) is 5.92 Å². The van der Waals surface area contributed by atoms with Gasteiger partial charge in [0.2, 0.25) is 5.91 Å². The van der Waals surface area contributed by atoms with Gasteiger partial charge in [-0.05, 0) is 12.1 Å². The Morgan fingerprint density at radius 1 is 1.35 bits per heavy atom. The number of carbonyl (C=O) groups is 1. The van der Waals surface area contributed by atoms with E-state index in [9.17, 15) is 26.4 Å². The number of halogens is 3. The molecule has 2 aromatic rings. The van der Waals surface area contributed by atoms with Gasteiger partial charge in [0.1, 0.15) is 0 Å². The summed E-state index contributed by atoms with van der Waals surface area (Å²) >= 11 is 1.08. The Bertz CT molecular complexity index is 965. The fourth-order valence-electron chi connectivity index (χ4n) is 2.49. The van der Waals surface area contributed by atoms with Crippen LogP contribution in [-0.2, 0) is 20.8 Å². The maximum Gasteiger partial charge on any atom is 0.416 e. The van der Waals surface area contributed by atoms with E-state index in [0.29, 0.717) is 11.3 Å². The fourth-order valence-corrected chi connectivity index (χ4v) is 4.63. The maximum atomic E-state index is 12.8. The Kier molecular flexibility index (Phi) is 4.89. The summed E-state index contributed by atoms with van der Waals surface area (Å²) in [6, 6.07) is 4.77. The van der Waals surface area contributed by atoms with Crippen molar-refractivity contribution in [3.8, 4) is 11.3 Å². The number of amides is 1. The molecular formula is C16H13F3N2O3S2. The SMILES string of the molecule is O=C(CC1C=CS(=O)(=O)C1)Nc1nc(-c2cccc(C(F)(F)F)c2)cs1. The van der Waals surface area contributed by atoms with E-state index in [0.717, 1.165) is 28.9 Å². The number of aromatic nitrogens is 1. The van der Waals surface area contributed by atoms with E-state index in [1.54, 1.807) is 5.38 Å². The molecule has 0 saturated heterocycles. The van der Waals surface area contributed by atoms with E-state index in [4.69, 9.17) is 0 Å². The summed E-state index contributed by atoms with van der Waals surface area (Å²) in [5, 5.41) is 5.44. The molecule has 0 aliphatic carbocycles. The number of carbonyl (C=O) groups excluding carboxylic acids is 1. The first-order valence-electron chi connectivity index (χ1n) is 7.46. The molecule has 1 unspecified atom stereocenters. The van der Waals surface area contributed by atoms with Crippen LogP contribution in [0.3, 0.4) is 0 Å². The highest BCUT2D eigenvalue weighted by Crippen LogP contribution is 2.33. The monoisotopic (exact) mass is 402 g/mol. The number of alkyl halides is 3. The van der Waals surface area contributed by atoms with Crippen LogP contribution in [0, 0.1) is 5.92 Å². The molecule has 3 rings (SSSR count). The normalized spacial score (nSPS) is 18.8. The Morgan fingerprint density at radius 2 is 2.12 bits per heavy atom. The van der Waals surface area contributed by atoms with Crippen LogP contribution < -0.4 is 5.32 Å². The van der Waals surface area contributed by atoms with E-state index in [2.05, 4.69) is 10.3 Å². The molecular weight excluding hydrogens is 389 g/mol. The second-order valence-electron chi connectivity index (χ2n) is 5.79. The number of hydrogen-bond acceptors (Lipinski definition) is 5. The largest absolute Gasteiger partial charge is 0.416 e. The highest BCUT2D eigenvalue weighted by Gasteiger charge is 2.30. The van der Waals surface area contributed by atoms with Gasteiger partial charge < -0.3 is 5.32 Å². The molecule has 5 nitrogen and oxygen atoms in total. The van der Waals surface area contributed by atoms with Gasteiger partial charge in [0, 0.05) is 28.7 Å². The van der Waals surface area contributed by atoms with Crippen molar-refractivity contribution in [3.05, 3.63) is 46.7 Å². The average Bonchev–Trinajstić information content (AvgIpc) is 3.13. The smallest absolute Gasteiger partial charge is 0.302 e. The Hall–Kier alpha value is -2.20. The minimum Gasteiger partial charge on any atom is -0.302 e. The lowest BCUT2D eigenvalue weighted by atomic mass is 10.1. The van der Waals surface area contributed by atoms with E-state index < -0.39 is 27.5 Å². The lowest BCUT2D eigenvalue weighted by molar-refractivity contribution is -0.137. The van der Waals surface area contributed by atoms with Crippen LogP contribution in [0.4, 0.5) is 18.3 Å². The van der Waals surface area contributed by atoms with E-state index in [1.807, 2.05) is 0 Å². The summed E-state index contributed by atoms with van der Waals surface area (Å²) in [6.07, 6.45) is -2.97. The standard InChI is InChI=1S/C16H13F3N2O3S2/c17-16(18,19)12-3-1-2-11(7-12)13-8-25-15(20-13)21-14(22)6-10-4-5-26(23,24)9-10/h1-5,7-8,10H,6,9H2,(H,20,21,22). The van der Waals surface area contributed by atoms with Gasteiger partial charge in [-0.2, -0.15) is 13.2 Å². The fraction of sp³-hybridized carbons (Fsp3) is 0.250. The molecule has 0 radical (unpaired) electrons. The maximum absolute atomic E-state index is 12.8. The van der Waals surface area contributed by atoms with Gasteiger partial charge in [0.05, 0.1) is 17.0 Å². The van der Waals surface area contributed by atoms with Crippen LogP contribution in [0.1, 0.15) is 12.0 Å². The zero-order valence-corrected chi connectivity index (χ0v) is 14.8. The van der Waals surface area contributed by atoms with Crippen molar-refractivity contribution in [1.29, 1.82) is 0 Å². The molecule has 1 aliphatic heterocycles. The molecule has 0 fully saturated rings. The molecule has 2 heterocycles. The molecule has 1 aromatic carbocycles. The van der Waals surface area contributed by atoms with Crippen LogP contribution in [0.2, 0.25) is 0 Å². The topological polar surface area (TPSA) is 76.1 Å². The summed E-state index contributed by atoms with van der Waals surface area (Å²) in [7, 11) is -3.23. The molecule has 10 heteroatoms. The van der Waals surface area contributed by atoms with E-state index in [1.165, 1.54) is 18.2 Å². The van der Waals surface area contributed by atoms with Gasteiger partial charge in [-0.25, -0.2) is 13.4 Å². The van der Waals surface area contributed by atoms with Crippen LogP contribution in [0.25, 0.3) is 11.3 Å². The van der Waals surface area contributed by atoms with Crippen molar-refractivity contribution in [3.63, 3.8) is 0 Å². The molecule has 0 bridgehead atoms. The number of sulfone groups is 1. The van der Waals surface area contributed by atoms with Crippen molar-refractivity contribution >= 4 is 32.2 Å². The van der Waals surface area contributed by atoms with Gasteiger partial charge in [-0.15, -0.1) is 11.3 Å². The molecule has 0 spiro atoms. The minimum absolute atomic E-state index is 0.00575. The van der Waals surface area contributed by atoms with Gasteiger partial charge in [0.15, 0.2) is 15.0 Å². The Labute approximate surface area is 151 Å². The lowest BCUT2D eigenvalue weighted by Gasteiger charge is -2.07. The minimum atomic E-state index is -4.45. The first-order chi connectivity index (χ1) is 12.1. The number of nitrogens with zero attached hydrogens (tertiary/aromatic N) is 1. The van der Waals surface area contributed by atoms with Gasteiger partial charge in [-0.3, -0.25) is 4.79 Å². The van der Waals surface area contributed by atoms with Gasteiger partial charge in [0.25, 0.3) is 0 Å². The van der Waals surface area contributed by atoms with Gasteiger partial charge >= 0.3 is 6.18 Å². The third kappa shape index (κ3) is 4.50. The second kappa shape index (κ2) is 6.84. The summed E-state index contributed by atoms with van der Waals surface area (Å²) in [4.78, 5) is 16.1. The predicted molar refractivity (Wildman–Crippen MR) is 92.2 cm³/mol. The van der Waals surface area contributed by atoms with Crippen LogP contribution in [-0.4, -0.2) is 25.1 Å². The molecule has 1 amide bonds. The molecule has 1 aromatic heterocycles. The summed E-state index contributed by atoms with van der Waals surface area (Å²) in [5.41, 5.74) is -0.163. The number of anilines is 1. The molecule has 1 atom stereocenters. The number of nitrogens with one attached hydrogen (secondary N) is 1.